The Hall–Kier alpha value is -2.37. The van der Waals surface area contributed by atoms with Crippen LogP contribution in [0.2, 0.25) is 0 Å². The SMILES string of the molecule is Cc1cccc(N2CCN(c3nncc(NC4CCCCCC4)n3)CC2)c1. The third-order valence-electron chi connectivity index (χ3n) is 5.68. The first-order chi connectivity index (χ1) is 13.3. The lowest BCUT2D eigenvalue weighted by atomic mass is 10.1. The van der Waals surface area contributed by atoms with Crippen molar-refractivity contribution in [1.82, 2.24) is 15.2 Å². The van der Waals surface area contributed by atoms with E-state index in [1.165, 1.54) is 49.8 Å². The first kappa shape index (κ1) is 18.0. The number of hydrogen-bond acceptors (Lipinski definition) is 6. The molecule has 0 atom stereocenters. The number of aryl methyl sites for hydroxylation is 1. The third-order valence-corrected chi connectivity index (χ3v) is 5.68. The average Bonchev–Trinajstić information content (AvgIpc) is 2.97. The monoisotopic (exact) mass is 366 g/mol. The maximum absolute atomic E-state index is 4.76. The Labute approximate surface area is 162 Å². The average molecular weight is 367 g/mol. The van der Waals surface area contributed by atoms with Crippen molar-refractivity contribution in [2.24, 2.45) is 0 Å². The van der Waals surface area contributed by atoms with Crippen LogP contribution in [-0.4, -0.2) is 47.4 Å². The second-order valence-corrected chi connectivity index (χ2v) is 7.79. The first-order valence-electron chi connectivity index (χ1n) is 10.3. The number of nitrogens with zero attached hydrogens (tertiary/aromatic N) is 5. The molecule has 1 aliphatic carbocycles. The molecular formula is C21H30N6. The van der Waals surface area contributed by atoms with Crippen LogP contribution in [0.3, 0.4) is 0 Å². The number of aromatic nitrogens is 3. The van der Waals surface area contributed by atoms with Gasteiger partial charge in [-0.05, 0) is 37.5 Å². The summed E-state index contributed by atoms with van der Waals surface area (Å²) in [7, 11) is 0. The molecule has 0 amide bonds. The number of nitrogens with one attached hydrogen (secondary N) is 1. The molecule has 2 fully saturated rings. The standard InChI is InChI=1S/C21H30N6/c1-17-7-6-10-19(15-17)26-11-13-27(14-12-26)21-24-20(16-22-25-21)23-18-8-4-2-3-5-9-18/h6-7,10,15-16,18H,2-5,8-9,11-14H2,1H3,(H,23,24,25). The molecule has 1 aromatic carbocycles. The van der Waals surface area contributed by atoms with Crippen LogP contribution in [-0.2, 0) is 0 Å². The minimum Gasteiger partial charge on any atom is -0.368 e. The fourth-order valence-electron chi connectivity index (χ4n) is 4.12. The van der Waals surface area contributed by atoms with Gasteiger partial charge in [-0.15, -0.1) is 5.10 Å². The fourth-order valence-corrected chi connectivity index (χ4v) is 4.12. The molecule has 27 heavy (non-hydrogen) atoms. The van der Waals surface area contributed by atoms with Crippen molar-refractivity contribution in [3.63, 3.8) is 0 Å². The summed E-state index contributed by atoms with van der Waals surface area (Å²) < 4.78 is 0. The minimum absolute atomic E-state index is 0.523. The Balaban J connectivity index is 1.37. The lowest BCUT2D eigenvalue weighted by Crippen LogP contribution is -2.47. The van der Waals surface area contributed by atoms with E-state index in [1.807, 2.05) is 0 Å². The molecule has 0 unspecified atom stereocenters. The smallest absolute Gasteiger partial charge is 0.247 e. The lowest BCUT2D eigenvalue weighted by Gasteiger charge is -2.36. The quantitative estimate of drug-likeness (QED) is 0.834. The van der Waals surface area contributed by atoms with Crippen molar-refractivity contribution in [2.75, 3.05) is 41.3 Å². The number of anilines is 3. The number of benzene rings is 1. The van der Waals surface area contributed by atoms with Gasteiger partial charge in [-0.1, -0.05) is 37.8 Å². The summed E-state index contributed by atoms with van der Waals surface area (Å²) in [5, 5.41) is 12.1. The molecule has 144 valence electrons. The van der Waals surface area contributed by atoms with Crippen LogP contribution < -0.4 is 15.1 Å². The molecule has 1 N–H and O–H groups in total. The van der Waals surface area contributed by atoms with E-state index >= 15 is 0 Å². The Morgan fingerprint density at radius 1 is 0.963 bits per heavy atom. The van der Waals surface area contributed by atoms with Crippen molar-refractivity contribution < 1.29 is 0 Å². The van der Waals surface area contributed by atoms with E-state index < -0.39 is 0 Å². The van der Waals surface area contributed by atoms with Gasteiger partial charge < -0.3 is 15.1 Å². The molecule has 2 aliphatic rings. The van der Waals surface area contributed by atoms with E-state index in [0.717, 1.165) is 37.9 Å². The van der Waals surface area contributed by atoms with Gasteiger partial charge in [-0.2, -0.15) is 10.1 Å². The van der Waals surface area contributed by atoms with Crippen molar-refractivity contribution in [2.45, 2.75) is 51.5 Å². The maximum Gasteiger partial charge on any atom is 0.247 e. The molecule has 1 saturated heterocycles. The van der Waals surface area contributed by atoms with Crippen molar-refractivity contribution >= 4 is 17.5 Å². The van der Waals surface area contributed by atoms with Crippen LogP contribution in [0.4, 0.5) is 17.5 Å². The molecule has 0 radical (unpaired) electrons. The van der Waals surface area contributed by atoms with Crippen LogP contribution >= 0.6 is 0 Å². The Bertz CT molecular complexity index is 733. The molecule has 6 nitrogen and oxygen atoms in total. The van der Waals surface area contributed by atoms with Gasteiger partial charge in [0, 0.05) is 37.9 Å². The Morgan fingerprint density at radius 3 is 2.44 bits per heavy atom. The predicted molar refractivity (Wildman–Crippen MR) is 111 cm³/mol. The fraction of sp³-hybridized carbons (Fsp3) is 0.571. The largest absolute Gasteiger partial charge is 0.368 e. The van der Waals surface area contributed by atoms with Gasteiger partial charge in [-0.25, -0.2) is 0 Å². The second kappa shape index (κ2) is 8.55. The van der Waals surface area contributed by atoms with E-state index in [4.69, 9.17) is 4.98 Å². The molecule has 1 saturated carbocycles. The van der Waals surface area contributed by atoms with E-state index in [9.17, 15) is 0 Å². The Kier molecular flexibility index (Phi) is 5.70. The highest BCUT2D eigenvalue weighted by Gasteiger charge is 2.20. The number of rotatable bonds is 4. The molecule has 0 bridgehead atoms. The van der Waals surface area contributed by atoms with Crippen LogP contribution in [0.25, 0.3) is 0 Å². The highest BCUT2D eigenvalue weighted by Crippen LogP contribution is 2.22. The topological polar surface area (TPSA) is 57.2 Å². The highest BCUT2D eigenvalue weighted by molar-refractivity contribution is 5.50. The molecule has 6 heteroatoms. The minimum atomic E-state index is 0.523. The molecule has 1 aromatic heterocycles. The number of hydrogen-bond donors (Lipinski definition) is 1. The van der Waals surface area contributed by atoms with Gasteiger partial charge in [0.1, 0.15) is 0 Å². The normalized spacial score (nSPS) is 19.0. The molecule has 1 aliphatic heterocycles. The first-order valence-corrected chi connectivity index (χ1v) is 10.3. The van der Waals surface area contributed by atoms with Crippen LogP contribution in [0.1, 0.15) is 44.1 Å². The zero-order chi connectivity index (χ0) is 18.5. The highest BCUT2D eigenvalue weighted by atomic mass is 15.4. The summed E-state index contributed by atoms with van der Waals surface area (Å²) in [6.07, 6.45) is 9.56. The van der Waals surface area contributed by atoms with E-state index in [2.05, 4.69) is 56.5 Å². The molecule has 4 rings (SSSR count). The second-order valence-electron chi connectivity index (χ2n) is 7.79. The van der Waals surface area contributed by atoms with Gasteiger partial charge in [0.05, 0.1) is 6.20 Å². The van der Waals surface area contributed by atoms with Crippen molar-refractivity contribution in [3.8, 4) is 0 Å². The predicted octanol–water partition coefficient (Wildman–Crippen LogP) is 3.64. The van der Waals surface area contributed by atoms with Gasteiger partial charge in [0.15, 0.2) is 5.82 Å². The summed E-state index contributed by atoms with van der Waals surface area (Å²) in [6.45, 7) is 5.94. The van der Waals surface area contributed by atoms with Crippen molar-refractivity contribution in [3.05, 3.63) is 36.0 Å². The zero-order valence-electron chi connectivity index (χ0n) is 16.3. The Morgan fingerprint density at radius 2 is 1.70 bits per heavy atom. The van der Waals surface area contributed by atoms with Crippen molar-refractivity contribution in [1.29, 1.82) is 0 Å². The zero-order valence-corrected chi connectivity index (χ0v) is 16.3. The van der Waals surface area contributed by atoms with Crippen LogP contribution in [0.15, 0.2) is 30.5 Å². The van der Waals surface area contributed by atoms with Crippen LogP contribution in [0, 0.1) is 6.92 Å². The lowest BCUT2D eigenvalue weighted by molar-refractivity contribution is 0.612. The molecular weight excluding hydrogens is 336 g/mol. The van der Waals surface area contributed by atoms with E-state index in [-0.39, 0.29) is 0 Å². The summed E-state index contributed by atoms with van der Waals surface area (Å²) >= 11 is 0. The molecule has 2 heterocycles. The maximum atomic E-state index is 4.76. The van der Waals surface area contributed by atoms with E-state index in [1.54, 1.807) is 6.20 Å². The van der Waals surface area contributed by atoms with Crippen LogP contribution in [0.5, 0.6) is 0 Å². The molecule has 0 spiro atoms. The van der Waals surface area contributed by atoms with Gasteiger partial charge in [-0.3, -0.25) is 0 Å². The summed E-state index contributed by atoms with van der Waals surface area (Å²) in [4.78, 5) is 9.44. The summed E-state index contributed by atoms with van der Waals surface area (Å²) in [5.74, 6) is 1.62. The van der Waals surface area contributed by atoms with Gasteiger partial charge in [0.2, 0.25) is 5.95 Å². The molecule has 2 aromatic rings. The summed E-state index contributed by atoms with van der Waals surface area (Å²) in [5.41, 5.74) is 2.61. The summed E-state index contributed by atoms with van der Waals surface area (Å²) in [6, 6.07) is 9.25. The van der Waals surface area contributed by atoms with Gasteiger partial charge in [0.25, 0.3) is 0 Å². The van der Waals surface area contributed by atoms with E-state index in [0.29, 0.717) is 6.04 Å². The third kappa shape index (κ3) is 4.67. The number of piperazine rings is 1. The van der Waals surface area contributed by atoms with Gasteiger partial charge >= 0.3 is 0 Å².